The Morgan fingerprint density at radius 1 is 1.14 bits per heavy atom. The number of carbonyl (C=O) groups is 2. The molecule has 2 amide bonds. The normalized spacial score (nSPS) is 18.4. The summed E-state index contributed by atoms with van der Waals surface area (Å²) in [6.45, 7) is 0.392. The van der Waals surface area contributed by atoms with Crippen molar-refractivity contribution in [2.24, 2.45) is 0 Å². The first-order chi connectivity index (χ1) is 13.4. The van der Waals surface area contributed by atoms with Crippen LogP contribution in [0.25, 0.3) is 0 Å². The Bertz CT molecular complexity index is 1000. The van der Waals surface area contributed by atoms with Gasteiger partial charge in [-0.05, 0) is 43.4 Å². The van der Waals surface area contributed by atoms with Crippen LogP contribution >= 0.6 is 11.3 Å². The van der Waals surface area contributed by atoms with Crippen molar-refractivity contribution in [1.82, 2.24) is 9.88 Å². The van der Waals surface area contributed by atoms with Gasteiger partial charge in [-0.15, -0.1) is 11.3 Å². The van der Waals surface area contributed by atoms with Crippen LogP contribution in [0.3, 0.4) is 0 Å². The molecule has 1 saturated heterocycles. The molecule has 2 aromatic rings. The number of anilines is 1. The molecule has 7 nitrogen and oxygen atoms in total. The first-order valence-corrected chi connectivity index (χ1v) is 11.9. The lowest BCUT2D eigenvalue weighted by molar-refractivity contribution is 0.0770. The fraction of sp³-hybridized carbons (Fsp3) is 0.421. The molecule has 1 aliphatic carbocycles. The molecule has 1 fully saturated rings. The third-order valence-electron chi connectivity index (χ3n) is 5.17. The van der Waals surface area contributed by atoms with E-state index in [-0.39, 0.29) is 36.4 Å². The molecule has 0 bridgehead atoms. The van der Waals surface area contributed by atoms with E-state index in [9.17, 15) is 18.0 Å². The highest BCUT2D eigenvalue weighted by atomic mass is 32.2. The first kappa shape index (κ1) is 19.1. The van der Waals surface area contributed by atoms with Crippen LogP contribution in [-0.2, 0) is 22.7 Å². The number of thiophene rings is 1. The minimum atomic E-state index is -3.07. The lowest BCUT2D eigenvalue weighted by Gasteiger charge is -2.27. The molecule has 0 unspecified atom stereocenters. The maximum atomic E-state index is 13.3. The van der Waals surface area contributed by atoms with Gasteiger partial charge in [-0.3, -0.25) is 14.6 Å². The Morgan fingerprint density at radius 3 is 2.61 bits per heavy atom. The van der Waals surface area contributed by atoms with E-state index in [1.807, 2.05) is 0 Å². The summed E-state index contributed by atoms with van der Waals surface area (Å²) in [5.74, 6) is -0.511. The highest BCUT2D eigenvalue weighted by Gasteiger charge is 2.32. The monoisotopic (exact) mass is 419 g/mol. The van der Waals surface area contributed by atoms with Gasteiger partial charge in [0.15, 0.2) is 9.84 Å². The van der Waals surface area contributed by atoms with E-state index in [0.29, 0.717) is 16.1 Å². The maximum absolute atomic E-state index is 13.3. The Morgan fingerprint density at radius 2 is 1.89 bits per heavy atom. The van der Waals surface area contributed by atoms with Gasteiger partial charge in [-0.2, -0.15) is 0 Å². The lowest BCUT2D eigenvalue weighted by Crippen LogP contribution is -2.44. The van der Waals surface area contributed by atoms with Crippen LogP contribution in [0.4, 0.5) is 5.00 Å². The number of rotatable bonds is 3. The van der Waals surface area contributed by atoms with E-state index in [1.165, 1.54) is 17.5 Å². The SMILES string of the molecule is O=C(Nc1sc2c(c1C(=O)N1CCS(=O)(=O)CC1)CCCC2)c1cccnc1. The summed E-state index contributed by atoms with van der Waals surface area (Å²) in [5, 5.41) is 3.45. The molecule has 4 rings (SSSR count). The molecule has 9 heteroatoms. The number of aryl methyl sites for hydroxylation is 1. The van der Waals surface area contributed by atoms with Crippen molar-refractivity contribution in [2.75, 3.05) is 29.9 Å². The number of pyridine rings is 1. The van der Waals surface area contributed by atoms with Gasteiger partial charge in [0.2, 0.25) is 0 Å². The number of hydrogen-bond donors (Lipinski definition) is 1. The van der Waals surface area contributed by atoms with Crippen LogP contribution in [0.2, 0.25) is 0 Å². The van der Waals surface area contributed by atoms with E-state index in [4.69, 9.17) is 0 Å². The third kappa shape index (κ3) is 3.81. The minimum absolute atomic E-state index is 0.0115. The second-order valence-electron chi connectivity index (χ2n) is 7.05. The van der Waals surface area contributed by atoms with Crippen molar-refractivity contribution in [3.8, 4) is 0 Å². The standard InChI is InChI=1S/C19H21N3O4S2/c23-17(13-4-3-7-20-12-13)21-18-16(14-5-1-2-6-15(14)27-18)19(24)22-8-10-28(25,26)11-9-22/h3-4,7,12H,1-2,5-6,8-11H2,(H,21,23). The zero-order valence-electron chi connectivity index (χ0n) is 15.3. The lowest BCUT2D eigenvalue weighted by atomic mass is 9.95. The number of fused-ring (bicyclic) bond motifs is 1. The number of sulfone groups is 1. The largest absolute Gasteiger partial charge is 0.337 e. The average Bonchev–Trinajstić information content (AvgIpc) is 3.06. The summed E-state index contributed by atoms with van der Waals surface area (Å²) in [6.07, 6.45) is 6.87. The second-order valence-corrected chi connectivity index (χ2v) is 10.5. The number of nitrogens with zero attached hydrogens (tertiary/aromatic N) is 2. The van der Waals surface area contributed by atoms with Gasteiger partial charge in [-0.1, -0.05) is 0 Å². The van der Waals surface area contributed by atoms with E-state index in [2.05, 4.69) is 10.3 Å². The summed E-state index contributed by atoms with van der Waals surface area (Å²) in [7, 11) is -3.07. The zero-order chi connectivity index (χ0) is 19.7. The van der Waals surface area contributed by atoms with Crippen molar-refractivity contribution in [3.05, 3.63) is 46.1 Å². The summed E-state index contributed by atoms with van der Waals surface area (Å²) < 4.78 is 23.4. The molecule has 0 spiro atoms. The minimum Gasteiger partial charge on any atom is -0.337 e. The average molecular weight is 420 g/mol. The van der Waals surface area contributed by atoms with Crippen LogP contribution in [0, 0.1) is 0 Å². The summed E-state index contributed by atoms with van der Waals surface area (Å²) in [5.41, 5.74) is 1.98. The Labute approximate surface area is 167 Å². The third-order valence-corrected chi connectivity index (χ3v) is 7.98. The molecule has 28 heavy (non-hydrogen) atoms. The number of carbonyl (C=O) groups excluding carboxylic acids is 2. The molecular formula is C19H21N3O4S2. The fourth-order valence-corrected chi connectivity index (χ4v) is 6.10. The maximum Gasteiger partial charge on any atom is 0.257 e. The number of hydrogen-bond acceptors (Lipinski definition) is 6. The molecule has 1 aliphatic heterocycles. The smallest absolute Gasteiger partial charge is 0.257 e. The molecule has 1 N–H and O–H groups in total. The zero-order valence-corrected chi connectivity index (χ0v) is 16.9. The predicted molar refractivity (Wildman–Crippen MR) is 108 cm³/mol. The Balaban J connectivity index is 1.65. The number of amides is 2. The van der Waals surface area contributed by atoms with Gasteiger partial charge in [0, 0.05) is 30.4 Å². The van der Waals surface area contributed by atoms with Crippen molar-refractivity contribution < 1.29 is 18.0 Å². The Kier molecular flexibility index (Phi) is 5.20. The van der Waals surface area contributed by atoms with Crippen molar-refractivity contribution in [3.63, 3.8) is 0 Å². The van der Waals surface area contributed by atoms with E-state index in [0.717, 1.165) is 36.1 Å². The van der Waals surface area contributed by atoms with Crippen LogP contribution in [-0.4, -0.2) is 54.7 Å². The van der Waals surface area contributed by atoms with Crippen molar-refractivity contribution in [2.45, 2.75) is 25.7 Å². The van der Waals surface area contributed by atoms with Gasteiger partial charge >= 0.3 is 0 Å². The van der Waals surface area contributed by atoms with Crippen molar-refractivity contribution >= 4 is 38.0 Å². The second kappa shape index (κ2) is 7.63. The predicted octanol–water partition coefficient (Wildman–Crippen LogP) is 2.14. The van der Waals surface area contributed by atoms with Crippen molar-refractivity contribution in [1.29, 1.82) is 0 Å². The van der Waals surface area contributed by atoms with Gasteiger partial charge in [0.05, 0.1) is 22.6 Å². The summed E-state index contributed by atoms with van der Waals surface area (Å²) >= 11 is 1.46. The van der Waals surface area contributed by atoms with Crippen LogP contribution < -0.4 is 5.32 Å². The first-order valence-electron chi connectivity index (χ1n) is 9.30. The Hall–Kier alpha value is -2.26. The summed E-state index contributed by atoms with van der Waals surface area (Å²) in [4.78, 5) is 32.6. The molecule has 0 radical (unpaired) electrons. The number of aromatic nitrogens is 1. The number of nitrogens with one attached hydrogen (secondary N) is 1. The van der Waals surface area contributed by atoms with E-state index in [1.54, 1.807) is 23.2 Å². The molecule has 2 aromatic heterocycles. The molecule has 0 atom stereocenters. The molecular weight excluding hydrogens is 398 g/mol. The van der Waals surface area contributed by atoms with Gasteiger partial charge in [-0.25, -0.2) is 8.42 Å². The van der Waals surface area contributed by atoms with Gasteiger partial charge in [0.1, 0.15) is 5.00 Å². The summed E-state index contributed by atoms with van der Waals surface area (Å²) in [6, 6.07) is 3.36. The van der Waals surface area contributed by atoms with E-state index < -0.39 is 9.84 Å². The molecule has 3 heterocycles. The highest BCUT2D eigenvalue weighted by Crippen LogP contribution is 2.39. The van der Waals surface area contributed by atoms with Crippen LogP contribution in [0.5, 0.6) is 0 Å². The fourth-order valence-electron chi connectivity index (χ4n) is 3.63. The molecule has 0 aromatic carbocycles. The quantitative estimate of drug-likeness (QED) is 0.822. The van der Waals surface area contributed by atoms with Gasteiger partial charge in [0.25, 0.3) is 11.8 Å². The topological polar surface area (TPSA) is 96.4 Å². The van der Waals surface area contributed by atoms with Crippen LogP contribution in [0.1, 0.15) is 44.0 Å². The molecule has 0 saturated carbocycles. The molecule has 148 valence electrons. The van der Waals surface area contributed by atoms with Gasteiger partial charge < -0.3 is 10.2 Å². The molecule has 2 aliphatic rings. The highest BCUT2D eigenvalue weighted by molar-refractivity contribution is 7.91. The van der Waals surface area contributed by atoms with Crippen LogP contribution in [0.15, 0.2) is 24.5 Å². The van der Waals surface area contributed by atoms with E-state index >= 15 is 0 Å².